The third-order valence-electron chi connectivity index (χ3n) is 4.64. The predicted molar refractivity (Wildman–Crippen MR) is 74.2 cm³/mol. The van der Waals surface area contributed by atoms with Crippen LogP contribution >= 0.6 is 0 Å². The Bertz CT molecular complexity index is 246. The van der Waals surface area contributed by atoms with Gasteiger partial charge in [-0.15, -0.1) is 0 Å². The van der Waals surface area contributed by atoms with Gasteiger partial charge < -0.3 is 9.64 Å². The monoisotopic (exact) mass is 255 g/mol. The average molecular weight is 255 g/mol. The molecular formula is C14H29N3O. The number of nitrogens with one attached hydrogen (secondary N) is 1. The van der Waals surface area contributed by atoms with Gasteiger partial charge in [-0.3, -0.25) is 11.3 Å². The Labute approximate surface area is 111 Å². The maximum atomic E-state index is 6.15. The van der Waals surface area contributed by atoms with Gasteiger partial charge in [0, 0.05) is 19.2 Å². The molecule has 1 aliphatic heterocycles. The van der Waals surface area contributed by atoms with Gasteiger partial charge in [-0.05, 0) is 45.7 Å². The predicted octanol–water partition coefficient (Wildman–Crippen LogP) is 1.51. The molecule has 0 amide bonds. The van der Waals surface area contributed by atoms with Gasteiger partial charge in [0.05, 0.1) is 5.60 Å². The second-order valence-corrected chi connectivity index (χ2v) is 6.38. The number of rotatable bonds is 4. The summed E-state index contributed by atoms with van der Waals surface area (Å²) >= 11 is 0. The van der Waals surface area contributed by atoms with Crippen molar-refractivity contribution in [3.8, 4) is 0 Å². The number of ether oxygens (including phenoxy) is 1. The fourth-order valence-electron chi connectivity index (χ4n) is 3.68. The lowest BCUT2D eigenvalue weighted by molar-refractivity contribution is -0.122. The Morgan fingerprint density at radius 2 is 2.06 bits per heavy atom. The maximum Gasteiger partial charge on any atom is 0.0685 e. The molecule has 1 spiro atoms. The van der Waals surface area contributed by atoms with Crippen molar-refractivity contribution in [1.82, 2.24) is 10.3 Å². The Hall–Kier alpha value is -0.160. The zero-order valence-corrected chi connectivity index (χ0v) is 12.0. The molecule has 1 saturated heterocycles. The molecule has 0 aromatic rings. The summed E-state index contributed by atoms with van der Waals surface area (Å²) in [6.45, 7) is 1.92. The molecule has 0 aromatic carbocycles. The third-order valence-corrected chi connectivity index (χ3v) is 4.64. The minimum atomic E-state index is 0.183. The molecule has 3 N–H and O–H groups in total. The standard InChI is InChI=1S/C14H29N3O/c1-17(2)11-13(16-15)12-6-9-18-14(10-12)7-4-3-5-8-14/h12-13,16H,3-11,15H2,1-2H3. The first-order valence-corrected chi connectivity index (χ1v) is 7.40. The van der Waals surface area contributed by atoms with Crippen molar-refractivity contribution in [1.29, 1.82) is 0 Å². The largest absolute Gasteiger partial charge is 0.375 e. The van der Waals surface area contributed by atoms with Crippen LogP contribution in [0.15, 0.2) is 0 Å². The summed E-state index contributed by atoms with van der Waals surface area (Å²) in [6.07, 6.45) is 8.89. The first-order chi connectivity index (χ1) is 8.65. The second kappa shape index (κ2) is 6.33. The van der Waals surface area contributed by atoms with Crippen molar-refractivity contribution < 1.29 is 4.74 Å². The highest BCUT2D eigenvalue weighted by Crippen LogP contribution is 2.41. The van der Waals surface area contributed by atoms with Crippen LogP contribution in [0.4, 0.5) is 0 Å². The Balaban J connectivity index is 1.96. The van der Waals surface area contributed by atoms with Gasteiger partial charge in [0.2, 0.25) is 0 Å². The fraction of sp³-hybridized carbons (Fsp3) is 1.00. The molecule has 2 fully saturated rings. The van der Waals surface area contributed by atoms with E-state index in [1.165, 1.54) is 38.5 Å². The van der Waals surface area contributed by atoms with E-state index < -0.39 is 0 Å². The Morgan fingerprint density at radius 1 is 1.33 bits per heavy atom. The summed E-state index contributed by atoms with van der Waals surface area (Å²) in [7, 11) is 4.22. The fourth-order valence-corrected chi connectivity index (χ4v) is 3.68. The Kier molecular flexibility index (Phi) is 5.01. The highest BCUT2D eigenvalue weighted by Gasteiger charge is 2.40. The van der Waals surface area contributed by atoms with Crippen LogP contribution in [0.3, 0.4) is 0 Å². The molecule has 2 rings (SSSR count). The Morgan fingerprint density at radius 3 is 2.67 bits per heavy atom. The summed E-state index contributed by atoms with van der Waals surface area (Å²) in [6, 6.07) is 0.391. The minimum Gasteiger partial charge on any atom is -0.375 e. The molecule has 1 heterocycles. The van der Waals surface area contributed by atoms with E-state index in [2.05, 4.69) is 24.4 Å². The lowest BCUT2D eigenvalue weighted by Gasteiger charge is -2.45. The summed E-state index contributed by atoms with van der Waals surface area (Å²) in [5.41, 5.74) is 3.21. The van der Waals surface area contributed by atoms with Crippen molar-refractivity contribution in [3.63, 3.8) is 0 Å². The first-order valence-electron chi connectivity index (χ1n) is 7.40. The van der Waals surface area contributed by atoms with Crippen LogP contribution in [-0.2, 0) is 4.74 Å². The van der Waals surface area contributed by atoms with E-state index in [9.17, 15) is 0 Å². The number of hydrazine groups is 1. The van der Waals surface area contributed by atoms with Crippen molar-refractivity contribution >= 4 is 0 Å². The molecule has 18 heavy (non-hydrogen) atoms. The van der Waals surface area contributed by atoms with Gasteiger partial charge in [-0.2, -0.15) is 0 Å². The molecule has 2 unspecified atom stereocenters. The lowest BCUT2D eigenvalue weighted by Crippen LogP contribution is -2.52. The number of nitrogens with two attached hydrogens (primary N) is 1. The van der Waals surface area contributed by atoms with Crippen LogP contribution in [0.5, 0.6) is 0 Å². The molecule has 0 radical (unpaired) electrons. The van der Waals surface area contributed by atoms with Crippen molar-refractivity contribution in [2.45, 2.75) is 56.6 Å². The zero-order valence-electron chi connectivity index (χ0n) is 12.0. The number of likely N-dealkylation sites (N-methyl/N-ethyl adjacent to an activating group) is 1. The van der Waals surface area contributed by atoms with Gasteiger partial charge in [-0.1, -0.05) is 19.3 Å². The van der Waals surface area contributed by atoms with Crippen molar-refractivity contribution in [2.75, 3.05) is 27.2 Å². The van der Waals surface area contributed by atoms with E-state index in [4.69, 9.17) is 10.6 Å². The van der Waals surface area contributed by atoms with Crippen molar-refractivity contribution in [2.24, 2.45) is 11.8 Å². The van der Waals surface area contributed by atoms with E-state index in [0.717, 1.165) is 19.6 Å². The summed E-state index contributed by atoms with van der Waals surface area (Å²) in [5, 5.41) is 0. The molecule has 0 bridgehead atoms. The summed E-state index contributed by atoms with van der Waals surface area (Å²) < 4.78 is 6.15. The van der Waals surface area contributed by atoms with E-state index in [-0.39, 0.29) is 5.60 Å². The molecule has 1 aliphatic carbocycles. The second-order valence-electron chi connectivity index (χ2n) is 6.38. The van der Waals surface area contributed by atoms with Gasteiger partial charge in [-0.25, -0.2) is 0 Å². The topological polar surface area (TPSA) is 50.5 Å². The molecule has 2 atom stereocenters. The minimum absolute atomic E-state index is 0.183. The van der Waals surface area contributed by atoms with Gasteiger partial charge >= 0.3 is 0 Å². The van der Waals surface area contributed by atoms with Crippen LogP contribution in [-0.4, -0.2) is 43.8 Å². The quantitative estimate of drug-likeness (QED) is 0.590. The van der Waals surface area contributed by atoms with E-state index in [1.54, 1.807) is 0 Å². The van der Waals surface area contributed by atoms with Crippen LogP contribution in [0.1, 0.15) is 44.9 Å². The summed E-state index contributed by atoms with van der Waals surface area (Å²) in [4.78, 5) is 2.22. The smallest absolute Gasteiger partial charge is 0.0685 e. The number of hydrogen-bond acceptors (Lipinski definition) is 4. The van der Waals surface area contributed by atoms with Gasteiger partial charge in [0.25, 0.3) is 0 Å². The van der Waals surface area contributed by atoms with Gasteiger partial charge in [0.1, 0.15) is 0 Å². The van der Waals surface area contributed by atoms with Crippen LogP contribution < -0.4 is 11.3 Å². The lowest BCUT2D eigenvalue weighted by atomic mass is 9.74. The number of hydrogen-bond donors (Lipinski definition) is 2. The normalized spacial score (nSPS) is 29.7. The average Bonchev–Trinajstić information content (AvgIpc) is 2.36. The zero-order chi connectivity index (χ0) is 13.0. The molecule has 2 aliphatic rings. The van der Waals surface area contributed by atoms with Crippen molar-refractivity contribution in [3.05, 3.63) is 0 Å². The molecule has 1 saturated carbocycles. The van der Waals surface area contributed by atoms with Crippen LogP contribution in [0.25, 0.3) is 0 Å². The van der Waals surface area contributed by atoms with Gasteiger partial charge in [0.15, 0.2) is 0 Å². The van der Waals surface area contributed by atoms with Crippen LogP contribution in [0, 0.1) is 5.92 Å². The first kappa shape index (κ1) is 14.3. The molecule has 106 valence electrons. The maximum absolute atomic E-state index is 6.15. The van der Waals surface area contributed by atoms with E-state index >= 15 is 0 Å². The molecule has 4 heteroatoms. The molecular weight excluding hydrogens is 226 g/mol. The van der Waals surface area contributed by atoms with Crippen LogP contribution in [0.2, 0.25) is 0 Å². The molecule has 0 aromatic heterocycles. The highest BCUT2D eigenvalue weighted by molar-refractivity contribution is 4.93. The third kappa shape index (κ3) is 3.44. The highest BCUT2D eigenvalue weighted by atomic mass is 16.5. The summed E-state index contributed by atoms with van der Waals surface area (Å²) in [5.74, 6) is 6.41. The van der Waals surface area contributed by atoms with E-state index in [1.807, 2.05) is 0 Å². The SMILES string of the molecule is CN(C)CC(NN)C1CCOC2(CCCCC2)C1. The molecule has 4 nitrogen and oxygen atoms in total. The van der Waals surface area contributed by atoms with E-state index in [0.29, 0.717) is 12.0 Å². The number of nitrogens with zero attached hydrogens (tertiary/aromatic N) is 1.